The number of H-pyrrole nitrogens is 1. The number of imidazole rings is 1. The minimum atomic E-state index is -0.598. The Morgan fingerprint density at radius 3 is 2.61 bits per heavy atom. The molecule has 5 N–H and O–H groups in total. The Morgan fingerprint density at radius 1 is 1.09 bits per heavy atom. The third-order valence-electron chi connectivity index (χ3n) is 3.89. The molecular weight excluding hydrogens is 288 g/mol. The van der Waals surface area contributed by atoms with Crippen molar-refractivity contribution in [2.75, 3.05) is 6.54 Å². The molecule has 0 radical (unpaired) electrons. The van der Waals surface area contributed by atoms with E-state index in [2.05, 4.69) is 15.3 Å². The fraction of sp³-hybridized carbons (Fsp3) is 0.278. The van der Waals surface area contributed by atoms with Gasteiger partial charge in [0, 0.05) is 12.6 Å². The standard InChI is InChI=1S/C18H22N4O/c19-14(10-13-6-2-1-3-7-13)17(23)11-20-12-18-21-15-8-4-5-9-16(15)22-18/h1-9,14,17,20,23H,10-12,19H2,(H,21,22)/t14-,17+/m0/s1. The molecule has 0 spiro atoms. The molecule has 0 aliphatic heterocycles. The largest absolute Gasteiger partial charge is 0.390 e. The first-order valence-corrected chi connectivity index (χ1v) is 7.84. The zero-order chi connectivity index (χ0) is 16.1. The summed E-state index contributed by atoms with van der Waals surface area (Å²) in [5.41, 5.74) is 9.18. The van der Waals surface area contributed by atoms with E-state index in [1.807, 2.05) is 54.6 Å². The van der Waals surface area contributed by atoms with Crippen LogP contribution in [0.3, 0.4) is 0 Å². The Labute approximate surface area is 135 Å². The number of nitrogens with two attached hydrogens (primary N) is 1. The van der Waals surface area contributed by atoms with Crippen LogP contribution in [0.1, 0.15) is 11.4 Å². The van der Waals surface area contributed by atoms with Gasteiger partial charge in [0.1, 0.15) is 5.82 Å². The van der Waals surface area contributed by atoms with Gasteiger partial charge >= 0.3 is 0 Å². The zero-order valence-electron chi connectivity index (χ0n) is 12.9. The molecule has 2 atom stereocenters. The third-order valence-corrected chi connectivity index (χ3v) is 3.89. The second-order valence-corrected chi connectivity index (χ2v) is 5.75. The highest BCUT2D eigenvalue weighted by Gasteiger charge is 2.15. The highest BCUT2D eigenvalue weighted by atomic mass is 16.3. The van der Waals surface area contributed by atoms with E-state index in [1.165, 1.54) is 0 Å². The highest BCUT2D eigenvalue weighted by molar-refractivity contribution is 5.74. The Hall–Kier alpha value is -2.21. The van der Waals surface area contributed by atoms with Crippen molar-refractivity contribution < 1.29 is 5.11 Å². The molecule has 2 aromatic carbocycles. The summed E-state index contributed by atoms with van der Waals surface area (Å²) < 4.78 is 0. The number of aromatic amines is 1. The van der Waals surface area contributed by atoms with E-state index >= 15 is 0 Å². The maximum atomic E-state index is 10.2. The molecule has 0 fully saturated rings. The van der Waals surface area contributed by atoms with Crippen LogP contribution in [0, 0.1) is 0 Å². The molecule has 120 valence electrons. The van der Waals surface area contributed by atoms with E-state index in [0.717, 1.165) is 22.4 Å². The lowest BCUT2D eigenvalue weighted by atomic mass is 10.0. The first kappa shape index (κ1) is 15.7. The van der Waals surface area contributed by atoms with Gasteiger partial charge in [-0.15, -0.1) is 0 Å². The Kier molecular flexibility index (Phi) is 5.02. The summed E-state index contributed by atoms with van der Waals surface area (Å²) in [6.45, 7) is 1.01. The van der Waals surface area contributed by atoms with Crippen molar-refractivity contribution in [3.63, 3.8) is 0 Å². The van der Waals surface area contributed by atoms with Crippen molar-refractivity contribution in [1.82, 2.24) is 15.3 Å². The van der Waals surface area contributed by atoms with Crippen molar-refractivity contribution in [2.24, 2.45) is 5.73 Å². The minimum absolute atomic E-state index is 0.291. The molecule has 0 aliphatic rings. The molecule has 5 nitrogen and oxygen atoms in total. The Bertz CT molecular complexity index is 708. The molecule has 5 heteroatoms. The average molecular weight is 310 g/mol. The van der Waals surface area contributed by atoms with Gasteiger partial charge < -0.3 is 21.1 Å². The number of rotatable bonds is 7. The summed E-state index contributed by atoms with van der Waals surface area (Å²) in [5.74, 6) is 0.857. The summed E-state index contributed by atoms with van der Waals surface area (Å²) in [7, 11) is 0. The number of benzene rings is 2. The van der Waals surface area contributed by atoms with E-state index in [1.54, 1.807) is 0 Å². The van der Waals surface area contributed by atoms with Crippen LogP contribution in [0.15, 0.2) is 54.6 Å². The molecule has 23 heavy (non-hydrogen) atoms. The van der Waals surface area contributed by atoms with Gasteiger partial charge in [0.05, 0.1) is 23.7 Å². The van der Waals surface area contributed by atoms with Gasteiger partial charge in [-0.1, -0.05) is 42.5 Å². The van der Waals surface area contributed by atoms with Crippen molar-refractivity contribution in [1.29, 1.82) is 0 Å². The number of fused-ring (bicyclic) bond motifs is 1. The summed E-state index contributed by atoms with van der Waals surface area (Å²) in [6.07, 6.45) is 0.0634. The normalized spacial score (nSPS) is 14.0. The monoisotopic (exact) mass is 310 g/mol. The van der Waals surface area contributed by atoms with Crippen LogP contribution in [0.2, 0.25) is 0 Å². The topological polar surface area (TPSA) is 87.0 Å². The van der Waals surface area contributed by atoms with Crippen molar-refractivity contribution in [2.45, 2.75) is 25.1 Å². The fourth-order valence-electron chi connectivity index (χ4n) is 2.60. The van der Waals surface area contributed by atoms with E-state index in [-0.39, 0.29) is 6.04 Å². The van der Waals surface area contributed by atoms with Gasteiger partial charge in [0.2, 0.25) is 0 Å². The highest BCUT2D eigenvalue weighted by Crippen LogP contribution is 2.10. The predicted octanol–water partition coefficient (Wildman–Crippen LogP) is 1.58. The van der Waals surface area contributed by atoms with Crippen molar-refractivity contribution in [3.8, 4) is 0 Å². The van der Waals surface area contributed by atoms with Gasteiger partial charge in [-0.05, 0) is 24.1 Å². The average Bonchev–Trinajstić information content (AvgIpc) is 2.98. The van der Waals surface area contributed by atoms with E-state index < -0.39 is 6.10 Å². The summed E-state index contributed by atoms with van der Waals surface area (Å²) in [5, 5.41) is 13.4. The maximum absolute atomic E-state index is 10.2. The number of para-hydroxylation sites is 2. The first-order valence-electron chi connectivity index (χ1n) is 7.84. The number of aromatic nitrogens is 2. The molecule has 0 saturated heterocycles. The van der Waals surface area contributed by atoms with Crippen molar-refractivity contribution in [3.05, 3.63) is 66.0 Å². The van der Waals surface area contributed by atoms with Crippen LogP contribution in [0.4, 0.5) is 0 Å². The Balaban J connectivity index is 1.47. The minimum Gasteiger partial charge on any atom is -0.390 e. The number of nitrogens with one attached hydrogen (secondary N) is 2. The second kappa shape index (κ2) is 7.37. The van der Waals surface area contributed by atoms with E-state index in [0.29, 0.717) is 19.5 Å². The first-order chi connectivity index (χ1) is 11.2. The lowest BCUT2D eigenvalue weighted by molar-refractivity contribution is 0.141. The van der Waals surface area contributed by atoms with Crippen LogP contribution >= 0.6 is 0 Å². The van der Waals surface area contributed by atoms with Gasteiger partial charge in [0.15, 0.2) is 0 Å². The SMILES string of the molecule is N[C@@H](Cc1ccccc1)[C@H](O)CNCc1nc2ccccc2[nH]1. The molecule has 0 unspecified atom stereocenters. The molecule has 0 saturated carbocycles. The Morgan fingerprint density at radius 2 is 1.83 bits per heavy atom. The summed E-state index contributed by atoms with van der Waals surface area (Å²) in [4.78, 5) is 7.74. The molecule has 1 heterocycles. The van der Waals surface area contributed by atoms with Crippen LogP contribution in [-0.4, -0.2) is 33.8 Å². The molecule has 0 amide bonds. The lowest BCUT2D eigenvalue weighted by Crippen LogP contribution is -2.43. The predicted molar refractivity (Wildman–Crippen MR) is 91.9 cm³/mol. The number of nitrogens with zero attached hydrogens (tertiary/aromatic N) is 1. The maximum Gasteiger partial charge on any atom is 0.121 e. The van der Waals surface area contributed by atoms with Crippen LogP contribution < -0.4 is 11.1 Å². The number of hydrogen-bond acceptors (Lipinski definition) is 4. The number of hydrogen-bond donors (Lipinski definition) is 4. The molecular formula is C18H22N4O. The van der Waals surface area contributed by atoms with Crippen LogP contribution in [0.5, 0.6) is 0 Å². The number of aliphatic hydroxyl groups excluding tert-OH is 1. The number of aliphatic hydroxyl groups is 1. The second-order valence-electron chi connectivity index (χ2n) is 5.75. The van der Waals surface area contributed by atoms with Crippen LogP contribution in [-0.2, 0) is 13.0 Å². The van der Waals surface area contributed by atoms with Gasteiger partial charge in [-0.2, -0.15) is 0 Å². The molecule has 1 aromatic heterocycles. The molecule has 0 bridgehead atoms. The summed E-state index contributed by atoms with van der Waals surface area (Å²) in [6, 6.07) is 17.6. The lowest BCUT2D eigenvalue weighted by Gasteiger charge is -2.19. The zero-order valence-corrected chi connectivity index (χ0v) is 12.9. The molecule has 0 aliphatic carbocycles. The molecule has 3 rings (SSSR count). The van der Waals surface area contributed by atoms with E-state index in [9.17, 15) is 5.11 Å². The van der Waals surface area contributed by atoms with Crippen LogP contribution in [0.25, 0.3) is 11.0 Å². The van der Waals surface area contributed by atoms with Gasteiger partial charge in [-0.25, -0.2) is 4.98 Å². The van der Waals surface area contributed by atoms with Gasteiger partial charge in [0.25, 0.3) is 0 Å². The third kappa shape index (κ3) is 4.16. The molecule has 3 aromatic rings. The smallest absolute Gasteiger partial charge is 0.121 e. The quantitative estimate of drug-likeness (QED) is 0.534. The fourth-order valence-corrected chi connectivity index (χ4v) is 2.60. The summed E-state index contributed by atoms with van der Waals surface area (Å²) >= 11 is 0. The van der Waals surface area contributed by atoms with E-state index in [4.69, 9.17) is 5.73 Å². The van der Waals surface area contributed by atoms with Crippen molar-refractivity contribution >= 4 is 11.0 Å². The van der Waals surface area contributed by atoms with Gasteiger partial charge in [-0.3, -0.25) is 0 Å².